The Morgan fingerprint density at radius 2 is 1.80 bits per heavy atom. The maximum Gasteiger partial charge on any atom is 0.0506 e. The molecule has 0 radical (unpaired) electrons. The highest BCUT2D eigenvalue weighted by Crippen LogP contribution is 2.28. The second-order valence-corrected chi connectivity index (χ2v) is 6.92. The SMILES string of the molecule is Cc1cccc(C2CCN(CN3CCC(C)CC3)C2)c1. The second-order valence-electron chi connectivity index (χ2n) is 6.92. The molecule has 110 valence electrons. The van der Waals surface area contributed by atoms with Crippen molar-refractivity contribution in [1.29, 1.82) is 0 Å². The van der Waals surface area contributed by atoms with Crippen LogP contribution in [0.4, 0.5) is 0 Å². The van der Waals surface area contributed by atoms with Crippen LogP contribution in [0, 0.1) is 12.8 Å². The maximum absolute atomic E-state index is 2.66. The van der Waals surface area contributed by atoms with Gasteiger partial charge in [0.25, 0.3) is 0 Å². The molecule has 1 aromatic carbocycles. The summed E-state index contributed by atoms with van der Waals surface area (Å²) in [6.07, 6.45) is 4.10. The first kappa shape index (κ1) is 14.1. The van der Waals surface area contributed by atoms with E-state index in [-0.39, 0.29) is 0 Å². The summed E-state index contributed by atoms with van der Waals surface area (Å²) >= 11 is 0. The molecule has 2 aliphatic rings. The highest BCUT2D eigenvalue weighted by Gasteiger charge is 2.26. The van der Waals surface area contributed by atoms with Crippen LogP contribution in [0.1, 0.15) is 43.2 Å². The molecule has 2 aliphatic heterocycles. The Morgan fingerprint density at radius 3 is 2.55 bits per heavy atom. The Labute approximate surface area is 123 Å². The van der Waals surface area contributed by atoms with Crippen molar-refractivity contribution in [2.45, 2.75) is 39.0 Å². The molecule has 20 heavy (non-hydrogen) atoms. The lowest BCUT2D eigenvalue weighted by atomic mass is 9.97. The van der Waals surface area contributed by atoms with Crippen LogP contribution in [0.3, 0.4) is 0 Å². The van der Waals surface area contributed by atoms with Crippen molar-refractivity contribution in [2.24, 2.45) is 5.92 Å². The third-order valence-electron chi connectivity index (χ3n) is 5.06. The van der Waals surface area contributed by atoms with Gasteiger partial charge in [-0.25, -0.2) is 0 Å². The summed E-state index contributed by atoms with van der Waals surface area (Å²) in [6.45, 7) is 10.9. The van der Waals surface area contributed by atoms with Gasteiger partial charge in [-0.2, -0.15) is 0 Å². The van der Waals surface area contributed by atoms with Crippen LogP contribution in [-0.2, 0) is 0 Å². The van der Waals surface area contributed by atoms with E-state index in [9.17, 15) is 0 Å². The molecule has 0 bridgehead atoms. The topological polar surface area (TPSA) is 6.48 Å². The minimum absolute atomic E-state index is 0.749. The van der Waals surface area contributed by atoms with Crippen molar-refractivity contribution in [1.82, 2.24) is 9.80 Å². The first-order chi connectivity index (χ1) is 9.70. The van der Waals surface area contributed by atoms with E-state index >= 15 is 0 Å². The van der Waals surface area contributed by atoms with Crippen LogP contribution < -0.4 is 0 Å². The van der Waals surface area contributed by atoms with Gasteiger partial charge in [0.2, 0.25) is 0 Å². The van der Waals surface area contributed by atoms with Crippen molar-refractivity contribution < 1.29 is 0 Å². The molecule has 2 fully saturated rings. The van der Waals surface area contributed by atoms with Crippen LogP contribution in [0.5, 0.6) is 0 Å². The number of nitrogens with zero attached hydrogens (tertiary/aromatic N) is 2. The lowest BCUT2D eigenvalue weighted by Crippen LogP contribution is -2.41. The first-order valence-electron chi connectivity index (χ1n) is 8.22. The number of hydrogen-bond donors (Lipinski definition) is 0. The maximum atomic E-state index is 2.66. The molecule has 0 amide bonds. The summed E-state index contributed by atoms with van der Waals surface area (Å²) in [7, 11) is 0. The van der Waals surface area contributed by atoms with Crippen molar-refractivity contribution >= 4 is 0 Å². The van der Waals surface area contributed by atoms with Gasteiger partial charge in [0.05, 0.1) is 6.67 Å². The highest BCUT2D eigenvalue weighted by molar-refractivity contribution is 5.26. The van der Waals surface area contributed by atoms with Crippen molar-refractivity contribution in [3.63, 3.8) is 0 Å². The minimum Gasteiger partial charge on any atom is -0.290 e. The Balaban J connectivity index is 1.52. The third-order valence-corrected chi connectivity index (χ3v) is 5.06. The molecular weight excluding hydrogens is 244 g/mol. The van der Waals surface area contributed by atoms with Gasteiger partial charge in [-0.1, -0.05) is 36.8 Å². The monoisotopic (exact) mass is 272 g/mol. The summed E-state index contributed by atoms with van der Waals surface area (Å²) < 4.78 is 0. The smallest absolute Gasteiger partial charge is 0.0506 e. The molecule has 3 rings (SSSR count). The fraction of sp³-hybridized carbons (Fsp3) is 0.667. The van der Waals surface area contributed by atoms with Gasteiger partial charge in [0.15, 0.2) is 0 Å². The van der Waals surface area contributed by atoms with Gasteiger partial charge < -0.3 is 0 Å². The fourth-order valence-corrected chi connectivity index (χ4v) is 3.64. The summed E-state index contributed by atoms with van der Waals surface area (Å²) in [5.74, 6) is 1.68. The molecule has 2 nitrogen and oxygen atoms in total. The molecule has 1 aromatic rings. The Morgan fingerprint density at radius 1 is 1.05 bits per heavy atom. The zero-order chi connectivity index (χ0) is 13.9. The predicted molar refractivity (Wildman–Crippen MR) is 84.9 cm³/mol. The molecule has 0 spiro atoms. The van der Waals surface area contributed by atoms with Crippen LogP contribution >= 0.6 is 0 Å². The second kappa shape index (κ2) is 6.28. The zero-order valence-electron chi connectivity index (χ0n) is 13.0. The van der Waals surface area contributed by atoms with Gasteiger partial charge in [-0.15, -0.1) is 0 Å². The molecule has 0 aromatic heterocycles. The third kappa shape index (κ3) is 3.42. The van der Waals surface area contributed by atoms with E-state index in [1.54, 1.807) is 5.56 Å². The molecule has 1 unspecified atom stereocenters. The lowest BCUT2D eigenvalue weighted by Gasteiger charge is -2.33. The largest absolute Gasteiger partial charge is 0.290 e. The zero-order valence-corrected chi connectivity index (χ0v) is 13.0. The molecule has 2 heteroatoms. The van der Waals surface area contributed by atoms with Crippen LogP contribution in [0.25, 0.3) is 0 Å². The van der Waals surface area contributed by atoms with E-state index in [2.05, 4.69) is 47.9 Å². The van der Waals surface area contributed by atoms with E-state index in [4.69, 9.17) is 0 Å². The quantitative estimate of drug-likeness (QED) is 0.831. The number of aryl methyl sites for hydroxylation is 1. The molecule has 0 N–H and O–H groups in total. The average Bonchev–Trinajstić information content (AvgIpc) is 2.90. The molecular formula is C18H28N2. The number of hydrogen-bond acceptors (Lipinski definition) is 2. The predicted octanol–water partition coefficient (Wildman–Crippen LogP) is 3.47. The number of benzene rings is 1. The first-order valence-corrected chi connectivity index (χ1v) is 8.22. The summed E-state index contributed by atoms with van der Waals surface area (Å²) in [6, 6.07) is 9.09. The standard InChI is InChI=1S/C18H28N2/c1-15-6-9-19(10-7-15)14-20-11-8-18(13-20)17-5-3-4-16(2)12-17/h3-5,12,15,18H,6-11,13-14H2,1-2H3. The van der Waals surface area contributed by atoms with E-state index < -0.39 is 0 Å². The van der Waals surface area contributed by atoms with Gasteiger partial charge >= 0.3 is 0 Å². The van der Waals surface area contributed by atoms with Crippen molar-refractivity contribution in [3.8, 4) is 0 Å². The van der Waals surface area contributed by atoms with Gasteiger partial charge in [-0.05, 0) is 56.7 Å². The van der Waals surface area contributed by atoms with Crippen LogP contribution in [0.2, 0.25) is 0 Å². The average molecular weight is 272 g/mol. The van der Waals surface area contributed by atoms with Gasteiger partial charge in [0.1, 0.15) is 0 Å². The van der Waals surface area contributed by atoms with E-state index in [0.29, 0.717) is 0 Å². The molecule has 0 aliphatic carbocycles. The summed E-state index contributed by atoms with van der Waals surface area (Å²) in [5.41, 5.74) is 2.94. The van der Waals surface area contributed by atoms with E-state index in [1.165, 1.54) is 57.7 Å². The van der Waals surface area contributed by atoms with Crippen LogP contribution in [0.15, 0.2) is 24.3 Å². The Kier molecular flexibility index (Phi) is 4.42. The van der Waals surface area contributed by atoms with Crippen molar-refractivity contribution in [3.05, 3.63) is 35.4 Å². The Hall–Kier alpha value is -0.860. The highest BCUT2D eigenvalue weighted by atomic mass is 15.3. The normalized spacial score (nSPS) is 26.2. The van der Waals surface area contributed by atoms with Crippen LogP contribution in [-0.4, -0.2) is 42.6 Å². The summed E-state index contributed by atoms with van der Waals surface area (Å²) in [4.78, 5) is 5.31. The lowest BCUT2D eigenvalue weighted by molar-refractivity contribution is 0.113. The van der Waals surface area contributed by atoms with Gasteiger partial charge in [0, 0.05) is 13.1 Å². The molecule has 2 heterocycles. The number of piperidine rings is 1. The molecule has 1 atom stereocenters. The van der Waals surface area contributed by atoms with Gasteiger partial charge in [-0.3, -0.25) is 9.80 Å². The fourth-order valence-electron chi connectivity index (χ4n) is 3.64. The molecule has 0 saturated carbocycles. The Bertz CT molecular complexity index is 435. The summed E-state index contributed by atoms with van der Waals surface area (Å²) in [5, 5.41) is 0. The van der Waals surface area contributed by atoms with E-state index in [1.807, 2.05) is 0 Å². The number of likely N-dealkylation sites (tertiary alicyclic amines) is 2. The molecule has 2 saturated heterocycles. The van der Waals surface area contributed by atoms with E-state index in [0.717, 1.165) is 11.8 Å². The minimum atomic E-state index is 0.749. The van der Waals surface area contributed by atoms with Crippen molar-refractivity contribution in [2.75, 3.05) is 32.8 Å². The number of rotatable bonds is 3.